The summed E-state index contributed by atoms with van der Waals surface area (Å²) in [4.78, 5) is 23.2. The van der Waals surface area contributed by atoms with Gasteiger partial charge in [0.05, 0.1) is 18.6 Å². The number of nitrogens with one attached hydrogen (secondary N) is 1. The van der Waals surface area contributed by atoms with Crippen LogP contribution in [0.1, 0.15) is 30.6 Å². The molecule has 0 radical (unpaired) electrons. The Morgan fingerprint density at radius 1 is 1.30 bits per heavy atom. The fourth-order valence-electron chi connectivity index (χ4n) is 1.98. The van der Waals surface area contributed by atoms with Crippen molar-refractivity contribution in [2.75, 3.05) is 13.7 Å². The average molecular weight is 279 g/mol. The second kappa shape index (κ2) is 7.53. The summed E-state index contributed by atoms with van der Waals surface area (Å²) < 4.78 is 5.11. The second-order valence-corrected chi connectivity index (χ2v) is 5.08. The van der Waals surface area contributed by atoms with Gasteiger partial charge in [-0.1, -0.05) is 26.0 Å². The summed E-state index contributed by atoms with van der Waals surface area (Å²) in [6.45, 7) is 4.03. The van der Waals surface area contributed by atoms with Gasteiger partial charge in [0, 0.05) is 6.54 Å². The van der Waals surface area contributed by atoms with Crippen LogP contribution in [0.2, 0.25) is 0 Å². The van der Waals surface area contributed by atoms with Crippen molar-refractivity contribution < 1.29 is 19.4 Å². The second-order valence-electron chi connectivity index (χ2n) is 5.08. The fourth-order valence-corrected chi connectivity index (χ4v) is 1.98. The van der Waals surface area contributed by atoms with E-state index in [0.717, 1.165) is 0 Å². The number of para-hydroxylation sites is 1. The van der Waals surface area contributed by atoms with Gasteiger partial charge in [0.2, 0.25) is 0 Å². The van der Waals surface area contributed by atoms with Crippen LogP contribution in [0.15, 0.2) is 24.3 Å². The smallest absolute Gasteiger partial charge is 0.308 e. The predicted molar refractivity (Wildman–Crippen MR) is 75.9 cm³/mol. The first kappa shape index (κ1) is 16.0. The molecule has 1 amide bonds. The molecule has 5 heteroatoms. The first-order valence-electron chi connectivity index (χ1n) is 6.59. The van der Waals surface area contributed by atoms with E-state index in [-0.39, 0.29) is 18.4 Å². The van der Waals surface area contributed by atoms with Crippen molar-refractivity contribution >= 4 is 11.9 Å². The maximum absolute atomic E-state index is 12.1. The van der Waals surface area contributed by atoms with Gasteiger partial charge in [-0.15, -0.1) is 0 Å². The lowest BCUT2D eigenvalue weighted by Gasteiger charge is -2.16. The van der Waals surface area contributed by atoms with Crippen LogP contribution in [-0.2, 0) is 4.79 Å². The zero-order chi connectivity index (χ0) is 15.1. The van der Waals surface area contributed by atoms with Crippen LogP contribution >= 0.6 is 0 Å². The molecule has 0 aromatic heterocycles. The largest absolute Gasteiger partial charge is 0.496 e. The Bertz CT molecular complexity index is 471. The number of benzene rings is 1. The fraction of sp³-hybridized carbons (Fsp3) is 0.467. The summed E-state index contributed by atoms with van der Waals surface area (Å²) in [5, 5.41) is 11.8. The molecule has 1 aromatic rings. The standard InChI is InChI=1S/C15H21NO4/c1-10(2)8-11(15(18)19)9-16-14(17)12-6-4-5-7-13(12)20-3/h4-7,10-11H,8-9H2,1-3H3,(H,16,17)(H,18,19). The highest BCUT2D eigenvalue weighted by molar-refractivity contribution is 5.97. The van der Waals surface area contributed by atoms with Gasteiger partial charge in [-0.2, -0.15) is 0 Å². The van der Waals surface area contributed by atoms with E-state index in [1.165, 1.54) is 7.11 Å². The Labute approximate surface area is 118 Å². The first-order valence-corrected chi connectivity index (χ1v) is 6.59. The summed E-state index contributed by atoms with van der Waals surface area (Å²) >= 11 is 0. The minimum absolute atomic E-state index is 0.115. The molecular weight excluding hydrogens is 258 g/mol. The van der Waals surface area contributed by atoms with E-state index in [0.29, 0.717) is 17.7 Å². The molecule has 0 saturated heterocycles. The van der Waals surface area contributed by atoms with Crippen LogP contribution in [-0.4, -0.2) is 30.6 Å². The minimum atomic E-state index is -0.890. The van der Waals surface area contributed by atoms with Crippen molar-refractivity contribution in [3.63, 3.8) is 0 Å². The summed E-state index contributed by atoms with van der Waals surface area (Å²) in [6.07, 6.45) is 0.529. The Kier molecular flexibility index (Phi) is 6.03. The van der Waals surface area contributed by atoms with Gasteiger partial charge in [-0.25, -0.2) is 0 Å². The normalized spacial score (nSPS) is 12.0. The van der Waals surface area contributed by atoms with Crippen LogP contribution in [0, 0.1) is 11.8 Å². The lowest BCUT2D eigenvalue weighted by atomic mass is 9.97. The molecule has 2 N–H and O–H groups in total. The molecule has 1 atom stereocenters. The Hall–Kier alpha value is -2.04. The number of hydrogen-bond acceptors (Lipinski definition) is 3. The topological polar surface area (TPSA) is 75.6 Å². The molecule has 20 heavy (non-hydrogen) atoms. The Balaban J connectivity index is 2.68. The van der Waals surface area contributed by atoms with Gasteiger partial charge in [0.15, 0.2) is 0 Å². The zero-order valence-electron chi connectivity index (χ0n) is 12.1. The Morgan fingerprint density at radius 2 is 1.95 bits per heavy atom. The number of carbonyl (C=O) groups is 2. The number of carboxylic acid groups (broad SMARTS) is 1. The molecule has 0 aliphatic rings. The molecule has 0 bridgehead atoms. The number of carbonyl (C=O) groups excluding carboxylic acids is 1. The summed E-state index contributed by atoms with van der Waals surface area (Å²) in [6, 6.07) is 6.85. The molecule has 0 heterocycles. The maximum atomic E-state index is 12.1. The van der Waals surface area contributed by atoms with E-state index < -0.39 is 11.9 Å². The summed E-state index contributed by atoms with van der Waals surface area (Å²) in [7, 11) is 1.49. The third-order valence-electron chi connectivity index (χ3n) is 2.97. The molecular formula is C15H21NO4. The van der Waals surface area contributed by atoms with Crippen molar-refractivity contribution in [1.29, 1.82) is 0 Å². The highest BCUT2D eigenvalue weighted by Gasteiger charge is 2.20. The monoisotopic (exact) mass is 279 g/mol. The molecule has 1 unspecified atom stereocenters. The van der Waals surface area contributed by atoms with Crippen LogP contribution in [0.25, 0.3) is 0 Å². The molecule has 0 saturated carbocycles. The number of aliphatic carboxylic acids is 1. The van der Waals surface area contributed by atoms with Crippen molar-refractivity contribution in [2.45, 2.75) is 20.3 Å². The molecule has 0 fully saturated rings. The van der Waals surface area contributed by atoms with E-state index in [1.54, 1.807) is 24.3 Å². The predicted octanol–water partition coefficient (Wildman–Crippen LogP) is 2.17. The molecule has 5 nitrogen and oxygen atoms in total. The van der Waals surface area contributed by atoms with Crippen molar-refractivity contribution in [3.05, 3.63) is 29.8 Å². The highest BCUT2D eigenvalue weighted by Crippen LogP contribution is 2.17. The zero-order valence-corrected chi connectivity index (χ0v) is 12.1. The Morgan fingerprint density at radius 3 is 2.50 bits per heavy atom. The lowest BCUT2D eigenvalue weighted by molar-refractivity contribution is -0.142. The minimum Gasteiger partial charge on any atom is -0.496 e. The van der Waals surface area contributed by atoms with E-state index in [9.17, 15) is 9.59 Å². The number of methoxy groups -OCH3 is 1. The molecule has 1 aromatic carbocycles. The van der Waals surface area contributed by atoms with Crippen molar-refractivity contribution in [3.8, 4) is 5.75 Å². The van der Waals surface area contributed by atoms with Gasteiger partial charge in [-0.05, 0) is 24.5 Å². The van der Waals surface area contributed by atoms with Crippen LogP contribution in [0.5, 0.6) is 5.75 Å². The molecule has 0 aliphatic heterocycles. The van der Waals surface area contributed by atoms with Gasteiger partial charge in [-0.3, -0.25) is 9.59 Å². The van der Waals surface area contributed by atoms with E-state index >= 15 is 0 Å². The summed E-state index contributed by atoms with van der Waals surface area (Å²) in [5.41, 5.74) is 0.406. The number of carboxylic acids is 1. The summed E-state index contributed by atoms with van der Waals surface area (Å²) in [5.74, 6) is -1.05. The van der Waals surface area contributed by atoms with Crippen molar-refractivity contribution in [2.24, 2.45) is 11.8 Å². The quantitative estimate of drug-likeness (QED) is 0.802. The number of hydrogen-bond donors (Lipinski definition) is 2. The number of amides is 1. The lowest BCUT2D eigenvalue weighted by Crippen LogP contribution is -2.33. The van der Waals surface area contributed by atoms with E-state index in [1.807, 2.05) is 13.8 Å². The van der Waals surface area contributed by atoms with E-state index in [2.05, 4.69) is 5.32 Å². The molecule has 110 valence electrons. The van der Waals surface area contributed by atoms with Crippen molar-refractivity contribution in [1.82, 2.24) is 5.32 Å². The van der Waals surface area contributed by atoms with E-state index in [4.69, 9.17) is 9.84 Å². The first-order chi connectivity index (χ1) is 9.45. The third kappa shape index (κ3) is 4.57. The molecule has 0 spiro atoms. The van der Waals surface area contributed by atoms with Gasteiger partial charge >= 0.3 is 5.97 Å². The highest BCUT2D eigenvalue weighted by atomic mass is 16.5. The van der Waals surface area contributed by atoms with Crippen LogP contribution in [0.4, 0.5) is 0 Å². The number of rotatable bonds is 7. The SMILES string of the molecule is COc1ccccc1C(=O)NCC(CC(C)C)C(=O)O. The van der Waals surface area contributed by atoms with Crippen LogP contribution in [0.3, 0.4) is 0 Å². The van der Waals surface area contributed by atoms with Gasteiger partial charge < -0.3 is 15.2 Å². The maximum Gasteiger partial charge on any atom is 0.308 e. The third-order valence-corrected chi connectivity index (χ3v) is 2.97. The van der Waals surface area contributed by atoms with Crippen LogP contribution < -0.4 is 10.1 Å². The molecule has 1 rings (SSSR count). The average Bonchev–Trinajstić information content (AvgIpc) is 2.42. The van der Waals surface area contributed by atoms with Gasteiger partial charge in [0.1, 0.15) is 5.75 Å². The number of ether oxygens (including phenoxy) is 1. The van der Waals surface area contributed by atoms with Gasteiger partial charge in [0.25, 0.3) is 5.91 Å². The molecule has 0 aliphatic carbocycles.